The van der Waals surface area contributed by atoms with Crippen LogP contribution < -0.4 is 0 Å². The Morgan fingerprint density at radius 2 is 2.04 bits per heavy atom. The third-order valence-corrected chi connectivity index (χ3v) is 4.66. The molecular formula is C17H12Cl2N2O4S. The lowest BCUT2D eigenvalue weighted by atomic mass is 10.2. The lowest BCUT2D eigenvalue weighted by molar-refractivity contribution is -0.131. The summed E-state index contributed by atoms with van der Waals surface area (Å²) in [5, 5.41) is 18.1. The molecule has 0 spiro atoms. The number of halogens is 2. The molecule has 0 saturated carbocycles. The van der Waals surface area contributed by atoms with Gasteiger partial charge in [0.1, 0.15) is 16.4 Å². The molecule has 0 aliphatic heterocycles. The molecule has 0 bridgehead atoms. The Balaban J connectivity index is 1.86. The van der Waals surface area contributed by atoms with Crippen LogP contribution in [-0.4, -0.2) is 21.3 Å². The van der Waals surface area contributed by atoms with E-state index < -0.39 is 5.97 Å². The van der Waals surface area contributed by atoms with E-state index in [0.717, 1.165) is 11.8 Å². The number of aryl methyl sites for hydroxylation is 1. The quantitative estimate of drug-likeness (QED) is 0.428. The monoisotopic (exact) mass is 410 g/mol. The summed E-state index contributed by atoms with van der Waals surface area (Å²) < 4.78 is 11.0. The zero-order chi connectivity index (χ0) is 18.7. The third kappa shape index (κ3) is 4.30. The Bertz CT molecular complexity index is 981. The smallest absolute Gasteiger partial charge is 0.342 e. The summed E-state index contributed by atoms with van der Waals surface area (Å²) in [7, 11) is 0. The van der Waals surface area contributed by atoms with E-state index in [0.29, 0.717) is 39.4 Å². The molecule has 1 aromatic carbocycles. The highest BCUT2D eigenvalue weighted by Crippen LogP contribution is 2.33. The van der Waals surface area contributed by atoms with Gasteiger partial charge in [-0.2, -0.15) is 0 Å². The van der Waals surface area contributed by atoms with E-state index in [2.05, 4.69) is 10.2 Å². The molecule has 0 saturated heterocycles. The molecule has 0 radical (unpaired) electrons. The lowest BCUT2D eigenvalue weighted by Crippen LogP contribution is -1.96. The van der Waals surface area contributed by atoms with Crippen LogP contribution in [0.4, 0.5) is 0 Å². The molecule has 0 atom stereocenters. The van der Waals surface area contributed by atoms with Crippen LogP contribution in [0, 0.1) is 0 Å². The Labute approximate surface area is 162 Å². The molecule has 0 aliphatic rings. The number of hydrogen-bond donors (Lipinski definition) is 1. The van der Waals surface area contributed by atoms with Gasteiger partial charge in [0.05, 0.1) is 5.02 Å². The van der Waals surface area contributed by atoms with Gasteiger partial charge in [-0.05, 0) is 42.1 Å². The van der Waals surface area contributed by atoms with Gasteiger partial charge >= 0.3 is 5.97 Å². The molecule has 0 unspecified atom stereocenters. The zero-order valence-electron chi connectivity index (χ0n) is 13.4. The van der Waals surface area contributed by atoms with Gasteiger partial charge in [0.15, 0.2) is 0 Å². The van der Waals surface area contributed by atoms with Crippen LogP contribution in [-0.2, 0) is 11.2 Å². The Morgan fingerprint density at radius 1 is 1.23 bits per heavy atom. The van der Waals surface area contributed by atoms with Crippen molar-refractivity contribution in [3.63, 3.8) is 0 Å². The van der Waals surface area contributed by atoms with Crippen LogP contribution in [0.25, 0.3) is 17.4 Å². The van der Waals surface area contributed by atoms with E-state index in [4.69, 9.17) is 32.0 Å². The predicted octanol–water partition coefficient (Wildman–Crippen LogP) is 5.42. The van der Waals surface area contributed by atoms with Crippen molar-refractivity contribution in [3.8, 4) is 11.3 Å². The van der Waals surface area contributed by atoms with E-state index in [1.807, 2.05) is 6.92 Å². The molecule has 0 amide bonds. The standard InChI is InChI=1S/C17H12Cl2N2O4S/c1-2-15-20-21-17(25-15)26-14(16(22)23)8-10-4-6-13(24-10)11-5-3-9(18)7-12(11)19/h3-8H,2H2,1H3,(H,22,23)/b14-8+. The van der Waals surface area contributed by atoms with Gasteiger partial charge in [-0.3, -0.25) is 0 Å². The minimum Gasteiger partial charge on any atom is -0.477 e. The van der Waals surface area contributed by atoms with Gasteiger partial charge in [-0.25, -0.2) is 4.79 Å². The molecule has 2 aromatic heterocycles. The van der Waals surface area contributed by atoms with Crippen molar-refractivity contribution < 1.29 is 18.7 Å². The van der Waals surface area contributed by atoms with Gasteiger partial charge in [0.25, 0.3) is 5.22 Å². The molecule has 9 heteroatoms. The van der Waals surface area contributed by atoms with E-state index >= 15 is 0 Å². The molecule has 0 fully saturated rings. The van der Waals surface area contributed by atoms with Crippen LogP contribution in [0.2, 0.25) is 10.0 Å². The second-order valence-electron chi connectivity index (χ2n) is 5.06. The van der Waals surface area contributed by atoms with E-state index in [9.17, 15) is 9.90 Å². The van der Waals surface area contributed by atoms with E-state index in [1.54, 1.807) is 30.3 Å². The van der Waals surface area contributed by atoms with E-state index in [-0.39, 0.29) is 10.1 Å². The van der Waals surface area contributed by atoms with Crippen LogP contribution in [0.5, 0.6) is 0 Å². The summed E-state index contributed by atoms with van der Waals surface area (Å²) in [6, 6.07) is 8.38. The average molecular weight is 411 g/mol. The molecular weight excluding hydrogens is 399 g/mol. The number of aromatic nitrogens is 2. The normalized spacial score (nSPS) is 11.7. The van der Waals surface area contributed by atoms with Gasteiger partial charge < -0.3 is 13.9 Å². The molecule has 3 aromatic rings. The Morgan fingerprint density at radius 3 is 2.69 bits per heavy atom. The molecule has 2 heterocycles. The maximum atomic E-state index is 11.5. The number of hydrogen-bond acceptors (Lipinski definition) is 6. The number of nitrogens with zero attached hydrogens (tertiary/aromatic N) is 2. The molecule has 6 nitrogen and oxygen atoms in total. The van der Waals surface area contributed by atoms with Crippen LogP contribution in [0.1, 0.15) is 18.6 Å². The third-order valence-electron chi connectivity index (χ3n) is 3.26. The topological polar surface area (TPSA) is 89.4 Å². The predicted molar refractivity (Wildman–Crippen MR) is 99.3 cm³/mol. The maximum Gasteiger partial charge on any atom is 0.342 e. The van der Waals surface area contributed by atoms with Gasteiger partial charge in [-0.15, -0.1) is 10.2 Å². The number of rotatable bonds is 6. The highest BCUT2D eigenvalue weighted by atomic mass is 35.5. The van der Waals surface area contributed by atoms with Crippen molar-refractivity contribution in [2.75, 3.05) is 0 Å². The highest BCUT2D eigenvalue weighted by molar-refractivity contribution is 8.03. The Kier molecular flexibility index (Phi) is 5.70. The van der Waals surface area contributed by atoms with Crippen LogP contribution in [0.3, 0.4) is 0 Å². The number of aliphatic carboxylic acids is 1. The van der Waals surface area contributed by atoms with Gasteiger partial charge in [0, 0.05) is 23.1 Å². The molecule has 0 aliphatic carbocycles. The molecule has 134 valence electrons. The van der Waals surface area contributed by atoms with Gasteiger partial charge in [-0.1, -0.05) is 30.1 Å². The largest absolute Gasteiger partial charge is 0.477 e. The first kappa shape index (κ1) is 18.6. The van der Waals surface area contributed by atoms with Crippen molar-refractivity contribution in [2.45, 2.75) is 18.6 Å². The first-order chi connectivity index (χ1) is 12.5. The number of furan rings is 1. The summed E-state index contributed by atoms with van der Waals surface area (Å²) in [5.74, 6) is 0.161. The van der Waals surface area contributed by atoms with Gasteiger partial charge in [0.2, 0.25) is 5.89 Å². The van der Waals surface area contributed by atoms with Crippen molar-refractivity contribution in [3.05, 3.63) is 56.9 Å². The lowest BCUT2D eigenvalue weighted by Gasteiger charge is -2.01. The fraction of sp³-hybridized carbons (Fsp3) is 0.118. The molecule has 1 N–H and O–H groups in total. The minimum atomic E-state index is -1.13. The minimum absolute atomic E-state index is 0.0144. The first-order valence-electron chi connectivity index (χ1n) is 7.46. The summed E-state index contributed by atoms with van der Waals surface area (Å²) in [6.07, 6.45) is 1.96. The average Bonchev–Trinajstić information content (AvgIpc) is 3.23. The van der Waals surface area contributed by atoms with Crippen LogP contribution in [0.15, 0.2) is 49.3 Å². The molecule has 26 heavy (non-hydrogen) atoms. The fourth-order valence-corrected chi connectivity index (χ4v) is 3.22. The summed E-state index contributed by atoms with van der Waals surface area (Å²) in [5.41, 5.74) is 0.657. The van der Waals surface area contributed by atoms with Crippen molar-refractivity contribution in [2.24, 2.45) is 0 Å². The summed E-state index contributed by atoms with van der Waals surface area (Å²) in [6.45, 7) is 1.86. The SMILES string of the molecule is CCc1nnc(S/C(=C/c2ccc(-c3ccc(Cl)cc3Cl)o2)C(=O)O)o1. The number of carbonyl (C=O) groups is 1. The number of carboxylic acid groups (broad SMARTS) is 1. The number of carboxylic acids is 1. The highest BCUT2D eigenvalue weighted by Gasteiger charge is 2.16. The van der Waals surface area contributed by atoms with E-state index in [1.165, 1.54) is 6.08 Å². The second kappa shape index (κ2) is 7.99. The van der Waals surface area contributed by atoms with Crippen LogP contribution >= 0.6 is 35.0 Å². The summed E-state index contributed by atoms with van der Waals surface area (Å²) >= 11 is 12.9. The second-order valence-corrected chi connectivity index (χ2v) is 6.89. The number of benzene rings is 1. The Hall–Kier alpha value is -2.22. The number of thioether (sulfide) groups is 1. The van der Waals surface area contributed by atoms with Crippen molar-refractivity contribution in [1.29, 1.82) is 0 Å². The molecule has 3 rings (SSSR count). The van der Waals surface area contributed by atoms with Crippen molar-refractivity contribution >= 4 is 47.0 Å². The maximum absolute atomic E-state index is 11.5. The zero-order valence-corrected chi connectivity index (χ0v) is 15.7. The first-order valence-corrected chi connectivity index (χ1v) is 9.04. The summed E-state index contributed by atoms with van der Waals surface area (Å²) in [4.78, 5) is 11.5. The fourth-order valence-electron chi connectivity index (χ4n) is 2.04. The van der Waals surface area contributed by atoms with Crippen molar-refractivity contribution in [1.82, 2.24) is 10.2 Å².